The van der Waals surface area contributed by atoms with Crippen molar-refractivity contribution >= 4 is 11.6 Å². The highest BCUT2D eigenvalue weighted by Crippen LogP contribution is 2.12. The van der Waals surface area contributed by atoms with Gasteiger partial charge >= 0.3 is 0 Å². The molecule has 0 aliphatic carbocycles. The highest BCUT2D eigenvalue weighted by molar-refractivity contribution is 5.92. The molecule has 1 N–H and O–H groups in total. The summed E-state index contributed by atoms with van der Waals surface area (Å²) in [5.74, 6) is -0.555. The maximum Gasteiger partial charge on any atom is 0.270 e. The van der Waals surface area contributed by atoms with Crippen molar-refractivity contribution in [3.63, 3.8) is 0 Å². The molecule has 138 valence electrons. The fourth-order valence-electron chi connectivity index (χ4n) is 2.60. The maximum absolute atomic E-state index is 12.9. The zero-order chi connectivity index (χ0) is 19.1. The van der Waals surface area contributed by atoms with Gasteiger partial charge in [0.2, 0.25) is 0 Å². The zero-order valence-electron chi connectivity index (χ0n) is 15.1. The van der Waals surface area contributed by atoms with Crippen LogP contribution in [0.25, 0.3) is 0 Å². The van der Waals surface area contributed by atoms with Crippen LogP contribution in [0.1, 0.15) is 21.6 Å². The summed E-state index contributed by atoms with van der Waals surface area (Å²) >= 11 is 0. The number of rotatable bonds is 7. The molecule has 1 aromatic carbocycles. The van der Waals surface area contributed by atoms with Gasteiger partial charge in [0.05, 0.1) is 11.9 Å². The Morgan fingerprint density at radius 3 is 2.44 bits per heavy atom. The maximum atomic E-state index is 12.9. The van der Waals surface area contributed by atoms with Gasteiger partial charge in [0.15, 0.2) is 0 Å². The van der Waals surface area contributed by atoms with Crippen LogP contribution in [-0.2, 0) is 13.0 Å². The van der Waals surface area contributed by atoms with Crippen molar-refractivity contribution in [1.82, 2.24) is 15.3 Å². The lowest BCUT2D eigenvalue weighted by Crippen LogP contribution is -2.24. The Balaban J connectivity index is 1.52. The van der Waals surface area contributed by atoms with Crippen molar-refractivity contribution in [2.75, 3.05) is 18.5 Å². The predicted molar refractivity (Wildman–Crippen MR) is 103 cm³/mol. The zero-order valence-corrected chi connectivity index (χ0v) is 15.1. The molecule has 5 nitrogen and oxygen atoms in total. The molecule has 3 rings (SSSR count). The molecule has 0 aliphatic heterocycles. The number of amides is 1. The van der Waals surface area contributed by atoms with Crippen LogP contribution in [0.15, 0.2) is 67.1 Å². The summed E-state index contributed by atoms with van der Waals surface area (Å²) in [5.41, 5.74) is 3.35. The smallest absolute Gasteiger partial charge is 0.270 e. The Labute approximate surface area is 157 Å². The van der Waals surface area contributed by atoms with Gasteiger partial charge in [0.1, 0.15) is 11.5 Å². The minimum atomic E-state index is -0.296. The van der Waals surface area contributed by atoms with Gasteiger partial charge in [-0.3, -0.25) is 9.78 Å². The Bertz CT molecular complexity index is 867. The van der Waals surface area contributed by atoms with Gasteiger partial charge in [-0.1, -0.05) is 12.1 Å². The molecule has 2 aromatic heterocycles. The van der Waals surface area contributed by atoms with E-state index < -0.39 is 0 Å². The molecule has 2 heterocycles. The van der Waals surface area contributed by atoms with E-state index >= 15 is 0 Å². The molecule has 0 atom stereocenters. The molecule has 3 aromatic rings. The average molecular weight is 364 g/mol. The van der Waals surface area contributed by atoms with E-state index in [1.165, 1.54) is 17.7 Å². The molecule has 0 fully saturated rings. The Morgan fingerprint density at radius 1 is 1.04 bits per heavy atom. The molecule has 0 unspecified atom stereocenters. The first-order valence-electron chi connectivity index (χ1n) is 8.70. The van der Waals surface area contributed by atoms with E-state index in [1.807, 2.05) is 25.2 Å². The Kier molecular flexibility index (Phi) is 6.10. The van der Waals surface area contributed by atoms with Crippen molar-refractivity contribution < 1.29 is 9.18 Å². The molecular formula is C21H21FN4O. The number of likely N-dealkylation sites (N-methyl/N-ethyl adjacent to an activating group) is 1. The number of pyridine rings is 2. The summed E-state index contributed by atoms with van der Waals surface area (Å²) in [6.07, 6.45) is 6.17. The highest BCUT2D eigenvalue weighted by atomic mass is 19.1. The van der Waals surface area contributed by atoms with Crippen molar-refractivity contribution in [3.8, 4) is 0 Å². The summed E-state index contributed by atoms with van der Waals surface area (Å²) in [5, 5.41) is 2.79. The number of benzene rings is 1. The van der Waals surface area contributed by atoms with Crippen molar-refractivity contribution in [1.29, 1.82) is 0 Å². The monoisotopic (exact) mass is 364 g/mol. The molecule has 1 amide bonds. The predicted octanol–water partition coefficient (Wildman–Crippen LogP) is 3.22. The third-order valence-electron chi connectivity index (χ3n) is 4.27. The number of nitrogens with one attached hydrogen (secondary N) is 1. The normalized spacial score (nSPS) is 10.4. The van der Waals surface area contributed by atoms with Crippen molar-refractivity contribution in [2.24, 2.45) is 0 Å². The molecule has 6 heteroatoms. The molecule has 0 radical (unpaired) electrons. The Morgan fingerprint density at radius 2 is 1.78 bits per heavy atom. The molecule has 0 spiro atoms. The summed E-state index contributed by atoms with van der Waals surface area (Å²) < 4.78 is 12.9. The second-order valence-electron chi connectivity index (χ2n) is 6.24. The number of hydrogen-bond acceptors (Lipinski definition) is 4. The number of carbonyl (C=O) groups excluding carboxylic acids is 1. The van der Waals surface area contributed by atoms with Gasteiger partial charge in [-0.2, -0.15) is 0 Å². The third-order valence-corrected chi connectivity index (χ3v) is 4.27. The quantitative estimate of drug-likeness (QED) is 0.699. The van der Waals surface area contributed by atoms with Crippen LogP contribution in [0.4, 0.5) is 10.1 Å². The Hall–Kier alpha value is -3.28. The lowest BCUT2D eigenvalue weighted by molar-refractivity contribution is 0.0946. The van der Waals surface area contributed by atoms with Gasteiger partial charge < -0.3 is 10.2 Å². The SMILES string of the molecule is CN(CCc1ccncc1)c1ccc(C(=O)NCc2ccc(F)cc2)nc1. The standard InChI is InChI=1S/C21H21FN4O/c1-26(13-10-16-8-11-23-12-9-16)19-6-7-20(24-15-19)21(27)25-14-17-2-4-18(22)5-3-17/h2-9,11-12,15H,10,13-14H2,1H3,(H,25,27). The topological polar surface area (TPSA) is 58.1 Å². The van der Waals surface area contributed by atoms with E-state index in [2.05, 4.69) is 20.2 Å². The number of halogens is 1. The average Bonchev–Trinajstić information content (AvgIpc) is 2.72. The van der Waals surface area contributed by atoms with Crippen LogP contribution in [0.3, 0.4) is 0 Å². The minimum Gasteiger partial charge on any atom is -0.373 e. The lowest BCUT2D eigenvalue weighted by Gasteiger charge is -2.19. The number of carbonyl (C=O) groups is 1. The molecule has 0 saturated heterocycles. The molecule has 0 bridgehead atoms. The largest absolute Gasteiger partial charge is 0.373 e. The molecule has 0 aliphatic rings. The molecular weight excluding hydrogens is 343 g/mol. The van der Waals surface area contributed by atoms with Crippen LogP contribution < -0.4 is 10.2 Å². The van der Waals surface area contributed by atoms with E-state index in [-0.39, 0.29) is 11.7 Å². The van der Waals surface area contributed by atoms with Gasteiger partial charge in [0, 0.05) is 32.5 Å². The van der Waals surface area contributed by atoms with Gasteiger partial charge in [-0.25, -0.2) is 9.37 Å². The second kappa shape index (κ2) is 8.89. The summed E-state index contributed by atoms with van der Waals surface area (Å²) in [6.45, 7) is 1.16. The number of nitrogens with zero attached hydrogens (tertiary/aromatic N) is 3. The minimum absolute atomic E-state index is 0.259. The van der Waals surface area contributed by atoms with Crippen LogP contribution in [0, 0.1) is 5.82 Å². The third kappa shape index (κ3) is 5.34. The second-order valence-corrected chi connectivity index (χ2v) is 6.24. The van der Waals surface area contributed by atoms with Gasteiger partial charge in [-0.15, -0.1) is 0 Å². The highest BCUT2D eigenvalue weighted by Gasteiger charge is 2.08. The van der Waals surface area contributed by atoms with Crippen LogP contribution in [0.5, 0.6) is 0 Å². The first-order valence-corrected chi connectivity index (χ1v) is 8.70. The number of hydrogen-bond donors (Lipinski definition) is 1. The van der Waals surface area contributed by atoms with E-state index in [1.54, 1.807) is 36.8 Å². The van der Waals surface area contributed by atoms with Crippen molar-refractivity contribution in [3.05, 3.63) is 89.8 Å². The summed E-state index contributed by atoms with van der Waals surface area (Å²) in [6, 6.07) is 13.6. The van der Waals surface area contributed by atoms with Crippen LogP contribution >= 0.6 is 0 Å². The van der Waals surface area contributed by atoms with E-state index in [4.69, 9.17) is 0 Å². The summed E-state index contributed by atoms with van der Waals surface area (Å²) in [7, 11) is 1.99. The lowest BCUT2D eigenvalue weighted by atomic mass is 10.2. The number of aromatic nitrogens is 2. The van der Waals surface area contributed by atoms with E-state index in [0.29, 0.717) is 12.2 Å². The fourth-order valence-corrected chi connectivity index (χ4v) is 2.60. The first-order chi connectivity index (χ1) is 13.1. The fraction of sp³-hybridized carbons (Fsp3) is 0.190. The number of anilines is 1. The molecule has 27 heavy (non-hydrogen) atoms. The van der Waals surface area contributed by atoms with Gasteiger partial charge in [-0.05, 0) is 53.9 Å². The summed E-state index contributed by atoms with van der Waals surface area (Å²) in [4.78, 5) is 22.6. The van der Waals surface area contributed by atoms with Crippen LogP contribution in [0.2, 0.25) is 0 Å². The van der Waals surface area contributed by atoms with Crippen LogP contribution in [-0.4, -0.2) is 29.5 Å². The first kappa shape index (κ1) is 18.5. The van der Waals surface area contributed by atoms with Gasteiger partial charge in [0.25, 0.3) is 5.91 Å². The molecule has 0 saturated carbocycles. The van der Waals surface area contributed by atoms with E-state index in [9.17, 15) is 9.18 Å². The van der Waals surface area contributed by atoms with E-state index in [0.717, 1.165) is 24.2 Å². The van der Waals surface area contributed by atoms with Crippen molar-refractivity contribution in [2.45, 2.75) is 13.0 Å².